The Morgan fingerprint density at radius 2 is 1.68 bits per heavy atom. The van der Waals surface area contributed by atoms with E-state index in [9.17, 15) is 8.42 Å². The molecule has 1 N–H and O–H groups in total. The van der Waals surface area contributed by atoms with E-state index in [0.29, 0.717) is 0 Å². The summed E-state index contributed by atoms with van der Waals surface area (Å²) in [6.07, 6.45) is 9.09. The number of para-hydroxylation sites is 1. The van der Waals surface area contributed by atoms with E-state index in [1.807, 2.05) is 24.3 Å². The first-order chi connectivity index (χ1) is 11.9. The van der Waals surface area contributed by atoms with Crippen molar-refractivity contribution in [1.29, 1.82) is 0 Å². The van der Waals surface area contributed by atoms with Crippen LogP contribution >= 0.6 is 0 Å². The van der Waals surface area contributed by atoms with Crippen molar-refractivity contribution in [2.24, 2.45) is 0 Å². The number of hydrogen-bond donors (Lipinski definition) is 1. The maximum Gasteiger partial charge on any atom is 0.424 e. The van der Waals surface area contributed by atoms with Crippen LogP contribution in [-0.4, -0.2) is 25.7 Å². The Bertz CT molecular complexity index is 573. The molecule has 0 aliphatic heterocycles. The van der Waals surface area contributed by atoms with Crippen LogP contribution in [0.1, 0.15) is 64.4 Å². The third kappa shape index (κ3) is 11.1. The SMILES string of the molecule is CCCCCCCCCc1ccccc1OCC(C)OOS(=O)(=O)O. The van der Waals surface area contributed by atoms with Gasteiger partial charge in [-0.1, -0.05) is 68.0 Å². The quantitative estimate of drug-likeness (QED) is 0.223. The summed E-state index contributed by atoms with van der Waals surface area (Å²) in [5, 5.41) is 0. The molecule has 1 aromatic rings. The van der Waals surface area contributed by atoms with Crippen LogP contribution < -0.4 is 4.74 Å². The summed E-state index contributed by atoms with van der Waals surface area (Å²) < 4.78 is 39.0. The van der Waals surface area contributed by atoms with Crippen LogP contribution in [0, 0.1) is 0 Å². The second-order valence-electron chi connectivity index (χ2n) is 6.19. The summed E-state index contributed by atoms with van der Waals surface area (Å²) in [6, 6.07) is 7.79. The number of hydrogen-bond acceptors (Lipinski definition) is 5. The lowest BCUT2D eigenvalue weighted by molar-refractivity contribution is -0.246. The molecule has 7 heteroatoms. The minimum atomic E-state index is -4.61. The van der Waals surface area contributed by atoms with Gasteiger partial charge in [-0.3, -0.25) is 4.55 Å². The van der Waals surface area contributed by atoms with Crippen LogP contribution in [0.5, 0.6) is 5.75 Å². The summed E-state index contributed by atoms with van der Waals surface area (Å²) in [6.45, 7) is 3.92. The lowest BCUT2D eigenvalue weighted by Crippen LogP contribution is -2.20. The molecule has 0 spiro atoms. The molecule has 0 aliphatic rings. The predicted octanol–water partition coefficient (Wildman–Crippen LogP) is 4.50. The van der Waals surface area contributed by atoms with E-state index in [1.54, 1.807) is 6.92 Å². The maximum absolute atomic E-state index is 10.5. The molecule has 144 valence electrons. The highest BCUT2D eigenvalue weighted by Gasteiger charge is 2.12. The Morgan fingerprint density at radius 1 is 1.04 bits per heavy atom. The average molecular weight is 374 g/mol. The Hall–Kier alpha value is -1.15. The summed E-state index contributed by atoms with van der Waals surface area (Å²) >= 11 is 0. The van der Waals surface area contributed by atoms with Gasteiger partial charge in [0, 0.05) is 0 Å². The predicted molar refractivity (Wildman–Crippen MR) is 96.8 cm³/mol. The molecule has 0 aromatic heterocycles. The highest BCUT2D eigenvalue weighted by Crippen LogP contribution is 2.21. The van der Waals surface area contributed by atoms with E-state index in [-0.39, 0.29) is 6.61 Å². The molecule has 0 amide bonds. The molecule has 25 heavy (non-hydrogen) atoms. The van der Waals surface area contributed by atoms with Crippen molar-refractivity contribution in [2.75, 3.05) is 6.61 Å². The van der Waals surface area contributed by atoms with Crippen molar-refractivity contribution in [2.45, 2.75) is 71.3 Å². The maximum atomic E-state index is 10.5. The van der Waals surface area contributed by atoms with Gasteiger partial charge in [-0.25, -0.2) is 4.89 Å². The first kappa shape index (κ1) is 21.9. The van der Waals surface area contributed by atoms with Crippen LogP contribution in [0.3, 0.4) is 0 Å². The molecule has 0 saturated heterocycles. The first-order valence-electron chi connectivity index (χ1n) is 8.95. The summed E-state index contributed by atoms with van der Waals surface area (Å²) in [5.41, 5.74) is 1.12. The van der Waals surface area contributed by atoms with Crippen molar-refractivity contribution >= 4 is 10.4 Å². The second-order valence-corrected chi connectivity index (χ2v) is 7.18. The van der Waals surface area contributed by atoms with E-state index < -0.39 is 16.5 Å². The smallest absolute Gasteiger partial charge is 0.424 e. The number of benzene rings is 1. The van der Waals surface area contributed by atoms with Crippen LogP contribution in [0.25, 0.3) is 0 Å². The van der Waals surface area contributed by atoms with Crippen LogP contribution in [-0.2, 0) is 26.0 Å². The van der Waals surface area contributed by atoms with E-state index in [4.69, 9.17) is 9.29 Å². The highest BCUT2D eigenvalue weighted by atomic mass is 32.3. The fourth-order valence-electron chi connectivity index (χ4n) is 2.48. The number of aryl methyl sites for hydroxylation is 1. The Morgan fingerprint density at radius 3 is 2.36 bits per heavy atom. The van der Waals surface area contributed by atoms with Gasteiger partial charge < -0.3 is 4.74 Å². The molecule has 1 unspecified atom stereocenters. The summed E-state index contributed by atoms with van der Waals surface area (Å²) in [4.78, 5) is 4.55. The average Bonchev–Trinajstić information content (AvgIpc) is 2.57. The van der Waals surface area contributed by atoms with Crippen molar-refractivity contribution in [3.05, 3.63) is 29.8 Å². The fourth-order valence-corrected chi connectivity index (χ4v) is 2.71. The van der Waals surface area contributed by atoms with Gasteiger partial charge in [0.1, 0.15) is 18.5 Å². The van der Waals surface area contributed by atoms with E-state index in [0.717, 1.165) is 24.2 Å². The van der Waals surface area contributed by atoms with Crippen LogP contribution in [0.15, 0.2) is 24.3 Å². The topological polar surface area (TPSA) is 82.1 Å². The normalized spacial score (nSPS) is 12.9. The van der Waals surface area contributed by atoms with Gasteiger partial charge in [0.2, 0.25) is 0 Å². The molecular formula is C18H30O6S. The van der Waals surface area contributed by atoms with Crippen molar-refractivity contribution < 1.29 is 26.9 Å². The van der Waals surface area contributed by atoms with E-state index in [2.05, 4.69) is 16.1 Å². The summed E-state index contributed by atoms with van der Waals surface area (Å²) in [7, 11) is -4.61. The molecular weight excluding hydrogens is 344 g/mol. The third-order valence-electron chi connectivity index (χ3n) is 3.79. The highest BCUT2D eigenvalue weighted by molar-refractivity contribution is 7.80. The third-order valence-corrected chi connectivity index (χ3v) is 4.04. The lowest BCUT2D eigenvalue weighted by atomic mass is 10.0. The van der Waals surface area contributed by atoms with Gasteiger partial charge in [0.15, 0.2) is 0 Å². The zero-order chi connectivity index (χ0) is 18.5. The molecule has 1 rings (SSSR count). The molecule has 0 aliphatic carbocycles. The zero-order valence-corrected chi connectivity index (χ0v) is 16.0. The van der Waals surface area contributed by atoms with Gasteiger partial charge in [0.25, 0.3) is 0 Å². The first-order valence-corrected chi connectivity index (χ1v) is 10.3. The van der Waals surface area contributed by atoms with Crippen molar-refractivity contribution in [1.82, 2.24) is 0 Å². The standard InChI is InChI=1S/C18H30O6S/c1-3-4-5-6-7-8-9-12-17-13-10-11-14-18(17)22-15-16(2)23-24-25(19,20)21/h10-11,13-14,16H,3-9,12,15H2,1-2H3,(H,19,20,21). The van der Waals surface area contributed by atoms with Crippen molar-refractivity contribution in [3.8, 4) is 5.75 Å². The molecule has 1 aromatic carbocycles. The minimum Gasteiger partial charge on any atom is -0.490 e. The Kier molecular flexibility index (Phi) is 10.7. The van der Waals surface area contributed by atoms with Gasteiger partial charge in [-0.05, 0) is 31.4 Å². The molecule has 0 heterocycles. The fraction of sp³-hybridized carbons (Fsp3) is 0.667. The minimum absolute atomic E-state index is 0.115. The summed E-state index contributed by atoms with van der Waals surface area (Å²) in [5.74, 6) is 0.760. The van der Waals surface area contributed by atoms with Gasteiger partial charge >= 0.3 is 10.4 Å². The Labute approximate surface area is 151 Å². The van der Waals surface area contributed by atoms with Crippen LogP contribution in [0.2, 0.25) is 0 Å². The number of ether oxygens (including phenoxy) is 1. The van der Waals surface area contributed by atoms with Crippen molar-refractivity contribution in [3.63, 3.8) is 0 Å². The molecule has 0 bridgehead atoms. The Balaban J connectivity index is 2.33. The number of rotatable bonds is 14. The van der Waals surface area contributed by atoms with Crippen LogP contribution in [0.4, 0.5) is 0 Å². The lowest BCUT2D eigenvalue weighted by Gasteiger charge is -2.14. The molecule has 1 atom stereocenters. The molecule has 0 saturated carbocycles. The monoisotopic (exact) mass is 374 g/mol. The molecule has 6 nitrogen and oxygen atoms in total. The molecule has 0 fully saturated rings. The number of unbranched alkanes of at least 4 members (excludes halogenated alkanes) is 6. The zero-order valence-electron chi connectivity index (χ0n) is 15.1. The largest absolute Gasteiger partial charge is 0.490 e. The van der Waals surface area contributed by atoms with E-state index in [1.165, 1.54) is 38.5 Å². The molecule has 0 radical (unpaired) electrons. The van der Waals surface area contributed by atoms with E-state index >= 15 is 0 Å². The van der Waals surface area contributed by atoms with Gasteiger partial charge in [-0.2, -0.15) is 8.42 Å². The second kappa shape index (κ2) is 12.2. The van der Waals surface area contributed by atoms with Gasteiger partial charge in [-0.15, -0.1) is 0 Å². The van der Waals surface area contributed by atoms with Gasteiger partial charge in [0.05, 0.1) is 0 Å².